The molecule has 1 aromatic carbocycles. The van der Waals surface area contributed by atoms with Crippen LogP contribution >= 0.6 is 12.4 Å². The number of piperidine rings is 1. The molecule has 0 spiro atoms. The van der Waals surface area contributed by atoms with Crippen LogP contribution in [0.1, 0.15) is 24.3 Å². The molecule has 1 aromatic rings. The molecule has 0 aliphatic carbocycles. The molecule has 0 saturated carbocycles. The minimum absolute atomic E-state index is 0. The third-order valence-corrected chi connectivity index (χ3v) is 2.64. The van der Waals surface area contributed by atoms with E-state index >= 15 is 0 Å². The highest BCUT2D eigenvalue weighted by Gasteiger charge is 2.14. The molecule has 1 heterocycles. The molecule has 0 aromatic heterocycles. The normalized spacial score (nSPS) is 21.3. The maximum atomic E-state index is 9.32. The molecule has 1 saturated heterocycles. The van der Waals surface area contributed by atoms with Crippen LogP contribution in [-0.2, 0) is 0 Å². The van der Waals surface area contributed by atoms with E-state index in [9.17, 15) is 5.11 Å². The molecule has 1 aliphatic heterocycles. The van der Waals surface area contributed by atoms with E-state index in [-0.39, 0.29) is 12.4 Å². The van der Waals surface area contributed by atoms with Gasteiger partial charge in [-0.3, -0.25) is 0 Å². The first-order chi connectivity index (χ1) is 6.36. The summed E-state index contributed by atoms with van der Waals surface area (Å²) >= 11 is 0. The standard InChI is InChI=1S/C11H15NO.ClH/c13-11-5-1-3-9(7-11)10-4-2-6-12-8-10;/h1,3,5,7,10,12-13H,2,4,6,8H2;1H. The summed E-state index contributed by atoms with van der Waals surface area (Å²) in [5.74, 6) is 0.962. The summed E-state index contributed by atoms with van der Waals surface area (Å²) in [4.78, 5) is 0. The van der Waals surface area contributed by atoms with Gasteiger partial charge in [0.25, 0.3) is 0 Å². The van der Waals surface area contributed by atoms with Crippen LogP contribution in [0.5, 0.6) is 5.75 Å². The summed E-state index contributed by atoms with van der Waals surface area (Å²) in [5.41, 5.74) is 1.26. The second-order valence-corrected chi connectivity index (χ2v) is 3.64. The molecule has 2 N–H and O–H groups in total. The van der Waals surface area contributed by atoms with E-state index in [1.807, 2.05) is 12.1 Å². The number of halogens is 1. The molecule has 3 heteroatoms. The topological polar surface area (TPSA) is 32.3 Å². The number of benzene rings is 1. The van der Waals surface area contributed by atoms with Crippen molar-refractivity contribution in [3.05, 3.63) is 29.8 Å². The summed E-state index contributed by atoms with van der Waals surface area (Å²) in [5, 5.41) is 12.7. The van der Waals surface area contributed by atoms with Crippen molar-refractivity contribution in [1.82, 2.24) is 5.32 Å². The van der Waals surface area contributed by atoms with Gasteiger partial charge in [-0.1, -0.05) is 12.1 Å². The third kappa shape index (κ3) is 2.63. The quantitative estimate of drug-likeness (QED) is 0.750. The van der Waals surface area contributed by atoms with Crippen LogP contribution in [0.15, 0.2) is 24.3 Å². The molecule has 2 rings (SSSR count). The minimum Gasteiger partial charge on any atom is -0.508 e. The van der Waals surface area contributed by atoms with Gasteiger partial charge < -0.3 is 10.4 Å². The van der Waals surface area contributed by atoms with Gasteiger partial charge in [-0.2, -0.15) is 0 Å². The number of rotatable bonds is 1. The lowest BCUT2D eigenvalue weighted by Crippen LogP contribution is -2.28. The maximum absolute atomic E-state index is 9.32. The van der Waals surface area contributed by atoms with Gasteiger partial charge in [0, 0.05) is 6.54 Å². The number of hydrogen-bond acceptors (Lipinski definition) is 2. The highest BCUT2D eigenvalue weighted by molar-refractivity contribution is 5.85. The Morgan fingerprint density at radius 1 is 1.36 bits per heavy atom. The fraction of sp³-hybridized carbons (Fsp3) is 0.455. The van der Waals surface area contributed by atoms with Gasteiger partial charge in [0.05, 0.1) is 0 Å². The lowest BCUT2D eigenvalue weighted by molar-refractivity contribution is 0.452. The zero-order valence-electron chi connectivity index (χ0n) is 8.07. The van der Waals surface area contributed by atoms with E-state index in [1.54, 1.807) is 6.07 Å². The van der Waals surface area contributed by atoms with Crippen molar-refractivity contribution in [1.29, 1.82) is 0 Å². The maximum Gasteiger partial charge on any atom is 0.115 e. The van der Waals surface area contributed by atoms with E-state index in [1.165, 1.54) is 18.4 Å². The SMILES string of the molecule is Cl.Oc1cccc(C2CCCNC2)c1. The number of hydrogen-bond donors (Lipinski definition) is 2. The average Bonchev–Trinajstić information content (AvgIpc) is 2.19. The van der Waals surface area contributed by atoms with E-state index in [2.05, 4.69) is 11.4 Å². The number of aromatic hydroxyl groups is 1. The zero-order valence-corrected chi connectivity index (χ0v) is 8.89. The Balaban J connectivity index is 0.000000980. The molecular formula is C11H16ClNO. The number of phenolic OH excluding ortho intramolecular Hbond substituents is 1. The second-order valence-electron chi connectivity index (χ2n) is 3.64. The van der Waals surface area contributed by atoms with Crippen LogP contribution < -0.4 is 5.32 Å². The molecule has 1 aliphatic rings. The fourth-order valence-corrected chi connectivity index (χ4v) is 1.92. The third-order valence-electron chi connectivity index (χ3n) is 2.64. The molecule has 78 valence electrons. The minimum atomic E-state index is 0. The monoisotopic (exact) mass is 213 g/mol. The predicted molar refractivity (Wildman–Crippen MR) is 60.2 cm³/mol. The van der Waals surface area contributed by atoms with E-state index in [0.29, 0.717) is 11.7 Å². The van der Waals surface area contributed by atoms with Crippen molar-refractivity contribution in [3.63, 3.8) is 0 Å². The molecular weight excluding hydrogens is 198 g/mol. The van der Waals surface area contributed by atoms with Gasteiger partial charge in [-0.05, 0) is 43.0 Å². The average molecular weight is 214 g/mol. The Kier molecular flexibility index (Phi) is 4.23. The van der Waals surface area contributed by atoms with Crippen LogP contribution in [0.2, 0.25) is 0 Å². The summed E-state index contributed by atoms with van der Waals surface area (Å²) in [6, 6.07) is 7.61. The first-order valence-corrected chi connectivity index (χ1v) is 4.86. The molecule has 0 amide bonds. The predicted octanol–water partition coefficient (Wildman–Crippen LogP) is 2.28. The molecule has 1 fully saturated rings. The molecule has 1 atom stereocenters. The lowest BCUT2D eigenvalue weighted by Gasteiger charge is -2.23. The zero-order chi connectivity index (χ0) is 9.10. The Hall–Kier alpha value is -0.730. The van der Waals surface area contributed by atoms with E-state index in [0.717, 1.165) is 13.1 Å². The molecule has 2 nitrogen and oxygen atoms in total. The van der Waals surface area contributed by atoms with Gasteiger partial charge in [-0.25, -0.2) is 0 Å². The highest BCUT2D eigenvalue weighted by Crippen LogP contribution is 2.25. The Morgan fingerprint density at radius 3 is 2.86 bits per heavy atom. The van der Waals surface area contributed by atoms with Crippen LogP contribution in [0.3, 0.4) is 0 Å². The first-order valence-electron chi connectivity index (χ1n) is 4.86. The van der Waals surface area contributed by atoms with Gasteiger partial charge in [0.2, 0.25) is 0 Å². The Labute approximate surface area is 90.7 Å². The fourth-order valence-electron chi connectivity index (χ4n) is 1.92. The van der Waals surface area contributed by atoms with Crippen LogP contribution in [0.25, 0.3) is 0 Å². The summed E-state index contributed by atoms with van der Waals surface area (Å²) in [6.45, 7) is 2.18. The molecule has 1 unspecified atom stereocenters. The van der Waals surface area contributed by atoms with Crippen molar-refractivity contribution in [2.75, 3.05) is 13.1 Å². The van der Waals surface area contributed by atoms with Gasteiger partial charge in [0.15, 0.2) is 0 Å². The van der Waals surface area contributed by atoms with Crippen molar-refractivity contribution < 1.29 is 5.11 Å². The Bertz CT molecular complexity index is 284. The molecule has 0 radical (unpaired) electrons. The van der Waals surface area contributed by atoms with Gasteiger partial charge >= 0.3 is 0 Å². The summed E-state index contributed by atoms with van der Waals surface area (Å²) < 4.78 is 0. The van der Waals surface area contributed by atoms with Crippen molar-refractivity contribution in [2.45, 2.75) is 18.8 Å². The molecule has 14 heavy (non-hydrogen) atoms. The Morgan fingerprint density at radius 2 is 2.21 bits per heavy atom. The van der Waals surface area contributed by atoms with Gasteiger partial charge in [0.1, 0.15) is 5.75 Å². The lowest BCUT2D eigenvalue weighted by atomic mass is 9.92. The first kappa shape index (κ1) is 11.3. The second kappa shape index (κ2) is 5.23. The molecule has 0 bridgehead atoms. The van der Waals surface area contributed by atoms with Crippen LogP contribution in [0, 0.1) is 0 Å². The largest absolute Gasteiger partial charge is 0.508 e. The van der Waals surface area contributed by atoms with E-state index in [4.69, 9.17) is 0 Å². The van der Waals surface area contributed by atoms with Crippen molar-refractivity contribution >= 4 is 12.4 Å². The van der Waals surface area contributed by atoms with E-state index < -0.39 is 0 Å². The highest BCUT2D eigenvalue weighted by atomic mass is 35.5. The van der Waals surface area contributed by atoms with Crippen molar-refractivity contribution in [2.24, 2.45) is 0 Å². The van der Waals surface area contributed by atoms with Crippen LogP contribution in [0.4, 0.5) is 0 Å². The van der Waals surface area contributed by atoms with Crippen molar-refractivity contribution in [3.8, 4) is 5.75 Å². The smallest absolute Gasteiger partial charge is 0.115 e. The number of nitrogens with one attached hydrogen (secondary N) is 1. The summed E-state index contributed by atoms with van der Waals surface area (Å²) in [6.07, 6.45) is 2.47. The van der Waals surface area contributed by atoms with Gasteiger partial charge in [-0.15, -0.1) is 12.4 Å². The summed E-state index contributed by atoms with van der Waals surface area (Å²) in [7, 11) is 0. The number of phenols is 1. The van der Waals surface area contributed by atoms with Crippen LogP contribution in [-0.4, -0.2) is 18.2 Å².